The fourth-order valence-corrected chi connectivity index (χ4v) is 14.6. The Bertz CT molecular complexity index is 2600. The van der Waals surface area contributed by atoms with Gasteiger partial charge >= 0.3 is 43.4 Å². The van der Waals surface area contributed by atoms with E-state index in [4.69, 9.17) is 41.9 Å². The molecule has 6 aliphatic rings. The van der Waals surface area contributed by atoms with Crippen LogP contribution in [-0.2, 0) is 48.0 Å². The molecule has 17 heteroatoms. The standard InChI is InChI=1S/2C31H46N4O4.Zn/c2*1-14-9-16(3)26(17(4)10-14)38-30(36)24-20(7)22(34-28(24)32)13-23-21(8)25(29(33)35-23)31(37)39-27-18(5)11-15(2)12-19(27)6;/h2*13-19,26-27H,9-12H2,1-8H3,(H5,32,33,34,35,36,37);/q;;+2/p-2. The monoisotopic (exact) mass is 1140 g/mol. The topological polar surface area (TPSA) is 262 Å². The Morgan fingerprint density at radius 2 is 0.646 bits per heavy atom. The second-order valence-electron chi connectivity index (χ2n) is 25.4. The van der Waals surface area contributed by atoms with Crippen molar-refractivity contribution >= 4 is 59.3 Å². The second kappa shape index (κ2) is 25.6. The van der Waals surface area contributed by atoms with Crippen molar-refractivity contribution < 1.29 is 57.6 Å². The zero-order chi connectivity index (χ0) is 57.5. The molecule has 4 fully saturated rings. The number of hydrogen-bond donors (Lipinski definition) is 4. The molecule has 0 saturated heterocycles. The summed E-state index contributed by atoms with van der Waals surface area (Å²) < 4.78 is 23.9. The van der Waals surface area contributed by atoms with Crippen LogP contribution in [0, 0.1) is 84.9 Å². The molecule has 8 unspecified atom stereocenters. The summed E-state index contributed by atoms with van der Waals surface area (Å²) in [6.45, 7) is 33.2. The van der Waals surface area contributed by atoms with Gasteiger partial charge < -0.3 is 51.9 Å². The number of allylic oxidation sites excluding steroid dienone is 2. The van der Waals surface area contributed by atoms with Gasteiger partial charge in [0.05, 0.1) is 22.5 Å². The Labute approximate surface area is 482 Å². The maximum atomic E-state index is 13.2. The fraction of sp³-hybridized carbons (Fsp3) is 0.645. The summed E-state index contributed by atoms with van der Waals surface area (Å²) in [6, 6.07) is 0. The smallest absolute Gasteiger partial charge is 0.494 e. The van der Waals surface area contributed by atoms with Crippen LogP contribution in [0.4, 0.5) is 11.6 Å². The molecular weight excluding hydrogens is 1050 g/mol. The van der Waals surface area contributed by atoms with Crippen LogP contribution < -0.4 is 32.9 Å². The third-order valence-corrected chi connectivity index (χ3v) is 18.0. The molecule has 0 radical (unpaired) electrons. The largest absolute Gasteiger partial charge is 2.00 e. The fourth-order valence-electron chi connectivity index (χ4n) is 14.6. The van der Waals surface area contributed by atoms with Gasteiger partial charge in [-0.05, 0) is 196 Å². The molecule has 0 amide bonds. The van der Waals surface area contributed by atoms with Crippen molar-refractivity contribution in [3.05, 3.63) is 67.3 Å². The summed E-state index contributed by atoms with van der Waals surface area (Å²) in [6.07, 6.45) is 11.0. The van der Waals surface area contributed by atoms with Crippen molar-refractivity contribution in [2.75, 3.05) is 11.5 Å². The Kier molecular flexibility index (Phi) is 20.3. The van der Waals surface area contributed by atoms with E-state index in [1.165, 1.54) is 0 Å². The minimum Gasteiger partial charge on any atom is -0.494 e. The molecule has 2 aliphatic heterocycles. The number of aliphatic imine (C=N–C) groups is 2. The molecule has 4 aliphatic carbocycles. The van der Waals surface area contributed by atoms with Crippen LogP contribution in [0.3, 0.4) is 0 Å². The molecule has 2 aromatic heterocycles. The Morgan fingerprint density at radius 3 is 0.886 bits per heavy atom. The van der Waals surface area contributed by atoms with Crippen molar-refractivity contribution in [1.29, 1.82) is 0 Å². The van der Waals surface area contributed by atoms with Crippen LogP contribution in [0.15, 0.2) is 43.7 Å². The van der Waals surface area contributed by atoms with Crippen LogP contribution in [-0.4, -0.2) is 60.0 Å². The van der Waals surface area contributed by atoms with Crippen LogP contribution in [0.1, 0.15) is 192 Å². The summed E-state index contributed by atoms with van der Waals surface area (Å²) >= 11 is 0. The molecule has 0 bridgehead atoms. The van der Waals surface area contributed by atoms with Crippen molar-refractivity contribution in [2.24, 2.45) is 92.5 Å². The number of rotatable bonds is 10. The van der Waals surface area contributed by atoms with E-state index < -0.39 is 23.9 Å². The van der Waals surface area contributed by atoms with Crippen LogP contribution in [0.2, 0.25) is 0 Å². The summed E-state index contributed by atoms with van der Waals surface area (Å²) in [4.78, 5) is 70.6. The number of aromatic nitrogens is 2. The molecule has 16 nitrogen and oxygen atoms in total. The van der Waals surface area contributed by atoms with E-state index in [0.717, 1.165) is 51.4 Å². The van der Waals surface area contributed by atoms with Gasteiger partial charge in [0.15, 0.2) is 0 Å². The average molecular weight is 1140 g/mol. The van der Waals surface area contributed by atoms with Crippen molar-refractivity contribution in [3.63, 3.8) is 0 Å². The van der Waals surface area contributed by atoms with Gasteiger partial charge in [0.2, 0.25) is 0 Å². The van der Waals surface area contributed by atoms with E-state index in [-0.39, 0.29) is 137 Å². The first-order valence-electron chi connectivity index (χ1n) is 28.8. The van der Waals surface area contributed by atoms with Gasteiger partial charge in [-0.2, -0.15) is 0 Å². The third-order valence-electron chi connectivity index (χ3n) is 18.0. The van der Waals surface area contributed by atoms with E-state index in [9.17, 15) is 19.2 Å². The van der Waals surface area contributed by atoms with Gasteiger partial charge in [-0.25, -0.2) is 29.2 Å². The molecule has 8 atom stereocenters. The Morgan fingerprint density at radius 1 is 0.418 bits per heavy atom. The normalized spacial score (nSPS) is 33.8. The minimum atomic E-state index is -0.448. The third kappa shape index (κ3) is 13.7. The first kappa shape index (κ1) is 62.8. The summed E-state index contributed by atoms with van der Waals surface area (Å²) in [5, 5.41) is 0. The number of nitrogen functional groups attached to an aromatic ring is 2. The van der Waals surface area contributed by atoms with E-state index >= 15 is 0 Å². The molecule has 79 heavy (non-hydrogen) atoms. The van der Waals surface area contributed by atoms with Crippen molar-refractivity contribution in [3.8, 4) is 0 Å². The first-order valence-corrected chi connectivity index (χ1v) is 28.8. The summed E-state index contributed by atoms with van der Waals surface area (Å²) in [7, 11) is 0. The number of ether oxygens (including phenoxy) is 4. The van der Waals surface area contributed by atoms with Gasteiger partial charge in [-0.3, -0.25) is 0 Å². The Hall–Kier alpha value is -5.44. The van der Waals surface area contributed by atoms with E-state index in [0.29, 0.717) is 68.7 Å². The predicted octanol–water partition coefficient (Wildman–Crippen LogP) is 10.8. The summed E-state index contributed by atoms with van der Waals surface area (Å²) in [5.74, 6) is 3.42. The van der Waals surface area contributed by atoms with Crippen LogP contribution >= 0.6 is 0 Å². The molecule has 2 aromatic rings. The van der Waals surface area contributed by atoms with E-state index in [1.54, 1.807) is 39.8 Å². The van der Waals surface area contributed by atoms with Crippen LogP contribution in [0.25, 0.3) is 12.2 Å². The van der Waals surface area contributed by atoms with E-state index in [1.807, 2.05) is 0 Å². The number of anilines is 2. The average Bonchev–Trinajstić information content (AvgIpc) is 4.03. The minimum absolute atomic E-state index is 0. The maximum absolute atomic E-state index is 13.2. The summed E-state index contributed by atoms with van der Waals surface area (Å²) in [5.41, 5.74) is 30.4. The molecule has 428 valence electrons. The van der Waals surface area contributed by atoms with Gasteiger partial charge in [0, 0.05) is 0 Å². The molecule has 4 heterocycles. The van der Waals surface area contributed by atoms with Gasteiger partial charge in [0.1, 0.15) is 47.2 Å². The number of amidine groups is 2. The molecular formula is C62H90N8O8Zn. The SMILES string of the molecule is CC1=C(C(=O)OC2C(C)CC(C)CC2C)C(N)=N/C1=C\c1[n-]c(N)c(C(=O)OC2C(C)CC(C)CC2C)c1C.CC1=C(C(=O)OC2C(C)CC(C)CC2C)C(N)=N/C1=C\c1[n-]c(N)c(C(=O)OC2C(C)CC(C)CC2C)c1C.[Zn+2]. The van der Waals surface area contributed by atoms with Crippen molar-refractivity contribution in [1.82, 2.24) is 9.97 Å². The zero-order valence-electron chi connectivity index (χ0n) is 50.1. The molecule has 8 N–H and O–H groups in total. The zero-order valence-corrected chi connectivity index (χ0v) is 53.1. The Balaban J connectivity index is 0.000000252. The first-order chi connectivity index (χ1) is 36.6. The molecule has 4 saturated carbocycles. The molecule has 0 aromatic carbocycles. The number of carbonyl (C=O) groups is 4. The van der Waals surface area contributed by atoms with Gasteiger partial charge in [-0.1, -0.05) is 94.7 Å². The number of hydrogen-bond acceptors (Lipinski definition) is 14. The number of carbonyl (C=O) groups excluding carboxylic acids is 4. The number of nitrogens with two attached hydrogens (primary N) is 4. The maximum Gasteiger partial charge on any atom is 2.00 e. The van der Waals surface area contributed by atoms with Crippen molar-refractivity contribution in [2.45, 2.75) is 187 Å². The predicted molar refractivity (Wildman–Crippen MR) is 307 cm³/mol. The molecule has 0 spiro atoms. The van der Waals surface area contributed by atoms with Crippen LogP contribution in [0.5, 0.6) is 0 Å². The molecule has 8 rings (SSSR count). The second-order valence-corrected chi connectivity index (χ2v) is 25.4. The quantitative estimate of drug-likeness (QED) is 0.0980. The van der Waals surface area contributed by atoms with E-state index in [2.05, 4.69) is 103 Å². The van der Waals surface area contributed by atoms with Gasteiger partial charge in [0.25, 0.3) is 0 Å². The number of nitrogens with zero attached hydrogens (tertiary/aromatic N) is 4. The van der Waals surface area contributed by atoms with Gasteiger partial charge in [-0.15, -0.1) is 0 Å². The number of esters is 4.